The van der Waals surface area contributed by atoms with Crippen LogP contribution in [0.4, 0.5) is 0 Å². The number of fused-ring (bicyclic) bond motifs is 1. The third kappa shape index (κ3) is 4.38. The van der Waals surface area contributed by atoms with Gasteiger partial charge in [-0.2, -0.15) is 4.98 Å². The summed E-state index contributed by atoms with van der Waals surface area (Å²) in [7, 11) is 0. The average Bonchev–Trinajstić information content (AvgIpc) is 3.14. The van der Waals surface area contributed by atoms with Gasteiger partial charge in [0.25, 0.3) is 5.78 Å². The van der Waals surface area contributed by atoms with Crippen molar-refractivity contribution in [2.45, 2.75) is 40.2 Å². The largest absolute Gasteiger partial charge is 0.352 e. The summed E-state index contributed by atoms with van der Waals surface area (Å²) in [5.74, 6) is 0.899. The van der Waals surface area contributed by atoms with Gasteiger partial charge >= 0.3 is 0 Å². The molecule has 2 aromatic carbocycles. The molecule has 0 fully saturated rings. The van der Waals surface area contributed by atoms with Crippen molar-refractivity contribution in [1.29, 1.82) is 0 Å². The maximum Gasteiger partial charge on any atom is 0.252 e. The highest BCUT2D eigenvalue weighted by Crippen LogP contribution is 2.18. The zero-order valence-corrected chi connectivity index (χ0v) is 17.5. The second kappa shape index (κ2) is 8.45. The Morgan fingerprint density at radius 1 is 0.933 bits per heavy atom. The standard InChI is InChI=1S/C24H25N5O/c1-16-9-11-19(12-10-16)13-21-17(2)26-24-27-22(28-29(24)18(21)3)14-23(30)25-15-20-7-5-4-6-8-20/h4-12H,13-15H2,1-3H3,(H,25,30). The average molecular weight is 399 g/mol. The summed E-state index contributed by atoms with van der Waals surface area (Å²) < 4.78 is 1.75. The van der Waals surface area contributed by atoms with Gasteiger partial charge in [0.1, 0.15) is 0 Å². The molecule has 0 saturated carbocycles. The van der Waals surface area contributed by atoms with Crippen LogP contribution < -0.4 is 5.32 Å². The van der Waals surface area contributed by atoms with E-state index in [0.717, 1.165) is 28.9 Å². The molecule has 0 unspecified atom stereocenters. The molecule has 4 aromatic rings. The zero-order valence-electron chi connectivity index (χ0n) is 17.5. The summed E-state index contributed by atoms with van der Waals surface area (Å²) in [6, 6.07) is 18.3. The molecule has 2 aromatic heterocycles. The molecule has 0 aliphatic carbocycles. The van der Waals surface area contributed by atoms with Gasteiger partial charge in [-0.05, 0) is 37.5 Å². The Balaban J connectivity index is 1.51. The van der Waals surface area contributed by atoms with E-state index in [2.05, 4.69) is 51.6 Å². The number of hydrogen-bond acceptors (Lipinski definition) is 4. The number of benzene rings is 2. The highest BCUT2D eigenvalue weighted by atomic mass is 16.1. The Bertz CT molecular complexity index is 1180. The van der Waals surface area contributed by atoms with E-state index in [9.17, 15) is 4.79 Å². The normalized spacial score (nSPS) is 11.0. The molecule has 6 nitrogen and oxygen atoms in total. The van der Waals surface area contributed by atoms with E-state index in [4.69, 9.17) is 0 Å². The van der Waals surface area contributed by atoms with E-state index in [0.29, 0.717) is 18.1 Å². The Hall–Kier alpha value is -3.54. The first-order valence-electron chi connectivity index (χ1n) is 10.1. The lowest BCUT2D eigenvalue weighted by Crippen LogP contribution is -2.25. The molecule has 1 N–H and O–H groups in total. The van der Waals surface area contributed by atoms with Gasteiger partial charge < -0.3 is 5.32 Å². The van der Waals surface area contributed by atoms with Crippen molar-refractivity contribution in [1.82, 2.24) is 24.9 Å². The fourth-order valence-corrected chi connectivity index (χ4v) is 3.49. The van der Waals surface area contributed by atoms with Crippen LogP contribution in [0.5, 0.6) is 0 Å². The fourth-order valence-electron chi connectivity index (χ4n) is 3.49. The van der Waals surface area contributed by atoms with Gasteiger partial charge in [-0.25, -0.2) is 9.50 Å². The summed E-state index contributed by atoms with van der Waals surface area (Å²) in [5.41, 5.74) is 6.61. The maximum absolute atomic E-state index is 12.3. The SMILES string of the molecule is Cc1ccc(Cc2c(C)nc3nc(CC(=O)NCc4ccccc4)nn3c2C)cc1. The summed E-state index contributed by atoms with van der Waals surface area (Å²) in [6.07, 6.45) is 0.912. The first kappa shape index (κ1) is 19.8. The van der Waals surface area contributed by atoms with Crippen LogP contribution in [-0.2, 0) is 24.2 Å². The van der Waals surface area contributed by atoms with E-state index in [-0.39, 0.29) is 12.3 Å². The monoisotopic (exact) mass is 399 g/mol. The molecule has 0 atom stereocenters. The van der Waals surface area contributed by atoms with E-state index < -0.39 is 0 Å². The van der Waals surface area contributed by atoms with E-state index >= 15 is 0 Å². The summed E-state index contributed by atoms with van der Waals surface area (Å²) in [5, 5.41) is 7.46. The maximum atomic E-state index is 12.3. The van der Waals surface area contributed by atoms with E-state index in [1.54, 1.807) is 4.52 Å². The first-order chi connectivity index (χ1) is 14.5. The number of carbonyl (C=O) groups is 1. The van der Waals surface area contributed by atoms with Crippen molar-refractivity contribution < 1.29 is 4.79 Å². The van der Waals surface area contributed by atoms with Crippen molar-refractivity contribution in [2.75, 3.05) is 0 Å². The molecule has 6 heteroatoms. The molecular weight excluding hydrogens is 374 g/mol. The number of nitrogens with one attached hydrogen (secondary N) is 1. The van der Waals surface area contributed by atoms with Gasteiger partial charge in [0.15, 0.2) is 5.82 Å². The fraction of sp³-hybridized carbons (Fsp3) is 0.250. The number of amides is 1. The molecule has 0 spiro atoms. The number of hydrogen-bond donors (Lipinski definition) is 1. The Labute approximate surface area is 176 Å². The van der Waals surface area contributed by atoms with Crippen LogP contribution in [-0.4, -0.2) is 25.5 Å². The lowest BCUT2D eigenvalue weighted by Gasteiger charge is -2.10. The van der Waals surface area contributed by atoms with Gasteiger partial charge in [0.2, 0.25) is 5.91 Å². The van der Waals surface area contributed by atoms with Gasteiger partial charge in [0.05, 0.1) is 6.42 Å². The topological polar surface area (TPSA) is 72.2 Å². The van der Waals surface area contributed by atoms with Crippen LogP contribution in [0.15, 0.2) is 54.6 Å². The highest BCUT2D eigenvalue weighted by Gasteiger charge is 2.15. The number of carbonyl (C=O) groups excluding carboxylic acids is 1. The van der Waals surface area contributed by atoms with Gasteiger partial charge in [-0.3, -0.25) is 4.79 Å². The Kier molecular flexibility index (Phi) is 5.57. The van der Waals surface area contributed by atoms with E-state index in [1.807, 2.05) is 44.2 Å². The molecule has 0 bridgehead atoms. The highest BCUT2D eigenvalue weighted by molar-refractivity contribution is 5.77. The molecule has 0 radical (unpaired) electrons. The molecule has 0 saturated heterocycles. The summed E-state index contributed by atoms with van der Waals surface area (Å²) >= 11 is 0. The first-order valence-corrected chi connectivity index (χ1v) is 10.1. The molecule has 1 amide bonds. The Morgan fingerprint density at radius 3 is 2.40 bits per heavy atom. The van der Waals surface area contributed by atoms with Gasteiger partial charge in [-0.15, -0.1) is 5.10 Å². The van der Waals surface area contributed by atoms with Crippen molar-refractivity contribution in [2.24, 2.45) is 0 Å². The zero-order chi connectivity index (χ0) is 21.1. The van der Waals surface area contributed by atoms with Crippen LogP contribution in [0, 0.1) is 20.8 Å². The van der Waals surface area contributed by atoms with E-state index in [1.165, 1.54) is 11.1 Å². The minimum Gasteiger partial charge on any atom is -0.352 e. The molecule has 4 rings (SSSR count). The van der Waals surface area contributed by atoms with Crippen molar-refractivity contribution in [3.8, 4) is 0 Å². The third-order valence-corrected chi connectivity index (χ3v) is 5.25. The molecule has 30 heavy (non-hydrogen) atoms. The number of nitrogens with zero attached hydrogens (tertiary/aromatic N) is 4. The minimum absolute atomic E-state index is 0.107. The van der Waals surface area contributed by atoms with Crippen molar-refractivity contribution >= 4 is 11.7 Å². The van der Waals surface area contributed by atoms with Gasteiger partial charge in [-0.1, -0.05) is 60.2 Å². The predicted octanol–water partition coefficient (Wildman–Crippen LogP) is 3.50. The molecule has 0 aliphatic rings. The quantitative estimate of drug-likeness (QED) is 0.539. The summed E-state index contributed by atoms with van der Waals surface area (Å²) in [6.45, 7) is 6.60. The second-order valence-corrected chi connectivity index (χ2v) is 7.60. The summed E-state index contributed by atoms with van der Waals surface area (Å²) in [4.78, 5) is 21.4. The van der Waals surface area contributed by atoms with Crippen LogP contribution in [0.25, 0.3) is 5.78 Å². The van der Waals surface area contributed by atoms with Crippen LogP contribution in [0.3, 0.4) is 0 Å². The number of rotatable bonds is 6. The second-order valence-electron chi connectivity index (χ2n) is 7.60. The lowest BCUT2D eigenvalue weighted by molar-refractivity contribution is -0.120. The smallest absolute Gasteiger partial charge is 0.252 e. The van der Waals surface area contributed by atoms with Crippen LogP contribution in [0.2, 0.25) is 0 Å². The number of aromatic nitrogens is 4. The molecular formula is C24H25N5O. The van der Waals surface area contributed by atoms with Gasteiger partial charge in [0, 0.05) is 24.4 Å². The van der Waals surface area contributed by atoms with Crippen molar-refractivity contribution in [3.05, 3.63) is 94.1 Å². The molecule has 2 heterocycles. The van der Waals surface area contributed by atoms with Crippen molar-refractivity contribution in [3.63, 3.8) is 0 Å². The third-order valence-electron chi connectivity index (χ3n) is 5.25. The molecule has 0 aliphatic heterocycles. The van der Waals surface area contributed by atoms with Crippen LogP contribution in [0.1, 0.15) is 39.5 Å². The predicted molar refractivity (Wildman–Crippen MR) is 116 cm³/mol. The lowest BCUT2D eigenvalue weighted by atomic mass is 10.0. The Morgan fingerprint density at radius 2 is 1.67 bits per heavy atom. The molecule has 152 valence electrons. The number of aryl methyl sites for hydroxylation is 3. The van der Waals surface area contributed by atoms with Crippen LogP contribution >= 0.6 is 0 Å². The minimum atomic E-state index is -0.107.